The highest BCUT2D eigenvalue weighted by Crippen LogP contribution is 2.15. The van der Waals surface area contributed by atoms with Crippen molar-refractivity contribution < 1.29 is 19.1 Å². The zero-order valence-corrected chi connectivity index (χ0v) is 16.1. The molecule has 0 aromatic rings. The maximum Gasteiger partial charge on any atom is 0.308 e. The van der Waals surface area contributed by atoms with Crippen molar-refractivity contribution in [3.8, 4) is 0 Å². The Hall–Kier alpha value is -1.06. The fraction of sp³-hybridized carbons (Fsp3) is 0.900. The molecule has 0 radical (unpaired) electrons. The van der Waals surface area contributed by atoms with E-state index in [9.17, 15) is 9.59 Å². The van der Waals surface area contributed by atoms with E-state index < -0.39 is 0 Å². The van der Waals surface area contributed by atoms with Crippen LogP contribution >= 0.6 is 0 Å². The highest BCUT2D eigenvalue weighted by Gasteiger charge is 2.11. The van der Waals surface area contributed by atoms with Crippen LogP contribution < -0.4 is 0 Å². The average Bonchev–Trinajstić information content (AvgIpc) is 2.60. The van der Waals surface area contributed by atoms with Gasteiger partial charge in [-0.05, 0) is 12.8 Å². The lowest BCUT2D eigenvalue weighted by molar-refractivity contribution is -0.145. The normalized spacial score (nSPS) is 12.0. The number of esters is 2. The number of ether oxygens (including phenoxy) is 2. The number of methoxy groups -OCH3 is 2. The number of carbonyl (C=O) groups is 2. The quantitative estimate of drug-likeness (QED) is 0.277. The molecule has 142 valence electrons. The second-order valence-corrected chi connectivity index (χ2v) is 6.78. The van der Waals surface area contributed by atoms with E-state index in [1.54, 1.807) is 0 Å². The molecule has 0 aliphatic heterocycles. The van der Waals surface area contributed by atoms with Gasteiger partial charge in [0.15, 0.2) is 0 Å². The molecule has 0 N–H and O–H groups in total. The van der Waals surface area contributed by atoms with E-state index >= 15 is 0 Å². The van der Waals surface area contributed by atoms with Crippen LogP contribution in [0.2, 0.25) is 0 Å². The third-order valence-electron chi connectivity index (χ3n) is 4.60. The van der Waals surface area contributed by atoms with Crippen molar-refractivity contribution in [1.82, 2.24) is 0 Å². The van der Waals surface area contributed by atoms with Gasteiger partial charge in [0.2, 0.25) is 0 Å². The van der Waals surface area contributed by atoms with Gasteiger partial charge in [0.1, 0.15) is 0 Å². The van der Waals surface area contributed by atoms with E-state index in [2.05, 4.69) is 4.74 Å². The molecular weight excluding hydrogens is 304 g/mol. The number of unbranched alkanes of at least 4 members (excludes halogenated alkanes) is 11. The first-order valence-corrected chi connectivity index (χ1v) is 9.76. The molecule has 0 spiro atoms. The molecule has 0 aromatic heterocycles. The number of hydrogen-bond donors (Lipinski definition) is 0. The summed E-state index contributed by atoms with van der Waals surface area (Å²) in [7, 11) is 2.91. The fourth-order valence-electron chi connectivity index (χ4n) is 2.91. The zero-order chi connectivity index (χ0) is 18.0. The van der Waals surface area contributed by atoms with Crippen LogP contribution in [-0.4, -0.2) is 26.2 Å². The Morgan fingerprint density at radius 3 is 1.50 bits per heavy atom. The van der Waals surface area contributed by atoms with Crippen LogP contribution in [-0.2, 0) is 19.1 Å². The van der Waals surface area contributed by atoms with Crippen LogP contribution in [0.15, 0.2) is 0 Å². The van der Waals surface area contributed by atoms with Crippen molar-refractivity contribution in [2.45, 2.75) is 96.8 Å². The van der Waals surface area contributed by atoms with Crippen LogP contribution in [0.4, 0.5) is 0 Å². The maximum atomic E-state index is 11.3. The SMILES string of the molecule is COC(=O)CCCCCCCCCCCCCCC(C)C(=O)OC. The van der Waals surface area contributed by atoms with Crippen molar-refractivity contribution in [2.24, 2.45) is 5.92 Å². The molecule has 0 rings (SSSR count). The Morgan fingerprint density at radius 2 is 1.08 bits per heavy atom. The van der Waals surface area contributed by atoms with E-state index in [-0.39, 0.29) is 17.9 Å². The minimum Gasteiger partial charge on any atom is -0.469 e. The summed E-state index contributed by atoms with van der Waals surface area (Å²) < 4.78 is 9.36. The molecule has 0 heterocycles. The van der Waals surface area contributed by atoms with Crippen molar-refractivity contribution in [3.63, 3.8) is 0 Å². The molecule has 4 heteroatoms. The van der Waals surface area contributed by atoms with E-state index in [4.69, 9.17) is 4.74 Å². The zero-order valence-electron chi connectivity index (χ0n) is 16.1. The minimum atomic E-state index is -0.0882. The van der Waals surface area contributed by atoms with Crippen molar-refractivity contribution >= 4 is 11.9 Å². The predicted octanol–water partition coefficient (Wildman–Crippen LogP) is 5.43. The topological polar surface area (TPSA) is 52.6 Å². The van der Waals surface area contributed by atoms with Crippen molar-refractivity contribution in [1.29, 1.82) is 0 Å². The monoisotopic (exact) mass is 342 g/mol. The lowest BCUT2D eigenvalue weighted by atomic mass is 10.0. The Balaban J connectivity index is 3.15. The molecule has 0 aliphatic rings. The summed E-state index contributed by atoms with van der Waals surface area (Å²) in [6.07, 6.45) is 16.4. The largest absolute Gasteiger partial charge is 0.469 e. The van der Waals surface area contributed by atoms with Crippen LogP contribution in [0.5, 0.6) is 0 Å². The molecule has 4 nitrogen and oxygen atoms in total. The summed E-state index contributed by atoms with van der Waals surface area (Å²) in [5.74, 6) is -0.127. The van der Waals surface area contributed by atoms with E-state index in [0.29, 0.717) is 6.42 Å². The van der Waals surface area contributed by atoms with Gasteiger partial charge >= 0.3 is 11.9 Å². The maximum absolute atomic E-state index is 11.3. The molecule has 0 aromatic carbocycles. The van der Waals surface area contributed by atoms with Gasteiger partial charge in [-0.2, -0.15) is 0 Å². The minimum absolute atomic E-state index is 0.0441. The first-order chi connectivity index (χ1) is 11.6. The molecule has 0 bridgehead atoms. The number of carbonyl (C=O) groups excluding carboxylic acids is 2. The van der Waals surface area contributed by atoms with Gasteiger partial charge in [-0.25, -0.2) is 0 Å². The molecule has 0 fully saturated rings. The molecular formula is C20H38O4. The summed E-state index contributed by atoms with van der Waals surface area (Å²) >= 11 is 0. The molecule has 1 unspecified atom stereocenters. The summed E-state index contributed by atoms with van der Waals surface area (Å²) in [6, 6.07) is 0. The predicted molar refractivity (Wildman–Crippen MR) is 97.8 cm³/mol. The van der Waals surface area contributed by atoms with Gasteiger partial charge < -0.3 is 9.47 Å². The Labute approximate surface area is 148 Å². The van der Waals surface area contributed by atoms with Crippen LogP contribution in [0.25, 0.3) is 0 Å². The van der Waals surface area contributed by atoms with E-state index in [1.807, 2.05) is 6.92 Å². The molecule has 24 heavy (non-hydrogen) atoms. The Bertz CT molecular complexity index is 315. The smallest absolute Gasteiger partial charge is 0.308 e. The molecule has 0 saturated carbocycles. The molecule has 0 saturated heterocycles. The summed E-state index contributed by atoms with van der Waals surface area (Å²) in [4.78, 5) is 22.2. The second-order valence-electron chi connectivity index (χ2n) is 6.78. The van der Waals surface area contributed by atoms with Crippen molar-refractivity contribution in [2.75, 3.05) is 14.2 Å². The van der Waals surface area contributed by atoms with Gasteiger partial charge in [-0.15, -0.1) is 0 Å². The van der Waals surface area contributed by atoms with E-state index in [1.165, 1.54) is 72.0 Å². The summed E-state index contributed by atoms with van der Waals surface area (Å²) in [5.41, 5.74) is 0. The molecule has 0 aliphatic carbocycles. The van der Waals surface area contributed by atoms with Gasteiger partial charge in [0.25, 0.3) is 0 Å². The first-order valence-electron chi connectivity index (χ1n) is 9.76. The first kappa shape index (κ1) is 22.9. The fourth-order valence-corrected chi connectivity index (χ4v) is 2.91. The van der Waals surface area contributed by atoms with Gasteiger partial charge in [0, 0.05) is 6.42 Å². The third kappa shape index (κ3) is 14.5. The highest BCUT2D eigenvalue weighted by molar-refractivity contribution is 5.71. The van der Waals surface area contributed by atoms with Gasteiger partial charge in [0.05, 0.1) is 20.1 Å². The molecule has 1 atom stereocenters. The summed E-state index contributed by atoms with van der Waals surface area (Å²) in [6.45, 7) is 1.95. The van der Waals surface area contributed by atoms with Crippen LogP contribution in [0.3, 0.4) is 0 Å². The Kier molecular flexibility index (Phi) is 16.0. The van der Waals surface area contributed by atoms with E-state index in [0.717, 1.165) is 25.7 Å². The lowest BCUT2D eigenvalue weighted by Crippen LogP contribution is -2.12. The number of rotatable bonds is 16. The lowest BCUT2D eigenvalue weighted by Gasteiger charge is -2.08. The highest BCUT2D eigenvalue weighted by atomic mass is 16.5. The van der Waals surface area contributed by atoms with Gasteiger partial charge in [-0.1, -0.05) is 77.6 Å². The molecule has 0 amide bonds. The number of hydrogen-bond acceptors (Lipinski definition) is 4. The Morgan fingerprint density at radius 1 is 0.667 bits per heavy atom. The third-order valence-corrected chi connectivity index (χ3v) is 4.60. The van der Waals surface area contributed by atoms with Crippen LogP contribution in [0, 0.1) is 5.92 Å². The van der Waals surface area contributed by atoms with Crippen LogP contribution in [0.1, 0.15) is 96.8 Å². The standard InChI is InChI=1S/C20H38O4/c1-18(20(22)24-3)16-14-12-10-8-6-4-5-7-9-11-13-15-17-19(21)23-2/h18H,4-17H2,1-3H3. The second kappa shape index (κ2) is 16.8. The summed E-state index contributed by atoms with van der Waals surface area (Å²) in [5, 5.41) is 0. The van der Waals surface area contributed by atoms with Gasteiger partial charge in [-0.3, -0.25) is 9.59 Å². The average molecular weight is 343 g/mol. The van der Waals surface area contributed by atoms with Crippen molar-refractivity contribution in [3.05, 3.63) is 0 Å².